The van der Waals surface area contributed by atoms with Crippen LogP contribution in [0.3, 0.4) is 0 Å². The fourth-order valence-electron chi connectivity index (χ4n) is 2.12. The molecule has 0 spiro atoms. The molecule has 0 fully saturated rings. The van der Waals surface area contributed by atoms with Gasteiger partial charge in [0, 0.05) is 30.9 Å². The van der Waals surface area contributed by atoms with Crippen LogP contribution in [-0.2, 0) is 0 Å². The van der Waals surface area contributed by atoms with Gasteiger partial charge in [0.2, 0.25) is 0 Å². The number of nitro benzene ring substituents is 1. The molecule has 0 atom stereocenters. The Kier molecular flexibility index (Phi) is 5.65. The first-order chi connectivity index (χ1) is 11.0. The van der Waals surface area contributed by atoms with Gasteiger partial charge in [-0.15, -0.1) is 5.11 Å². The van der Waals surface area contributed by atoms with Crippen LogP contribution < -0.4 is 4.90 Å². The van der Waals surface area contributed by atoms with Gasteiger partial charge in [0.1, 0.15) is 5.69 Å². The van der Waals surface area contributed by atoms with Gasteiger partial charge in [-0.2, -0.15) is 5.11 Å². The van der Waals surface area contributed by atoms with E-state index in [1.807, 2.05) is 24.3 Å². The molecule has 0 amide bonds. The van der Waals surface area contributed by atoms with Gasteiger partial charge in [0.25, 0.3) is 5.69 Å². The molecule has 23 heavy (non-hydrogen) atoms. The summed E-state index contributed by atoms with van der Waals surface area (Å²) in [4.78, 5) is 12.4. The standard InChI is InChI=1S/C16H17ClN4O2/c1-3-20(4-2)13-7-5-12(6-8-13)18-19-16-10-9-14(21(22)23)11-15(16)17/h5-11H,3-4H2,1-2H3. The number of hydrogen-bond donors (Lipinski definition) is 0. The molecular weight excluding hydrogens is 316 g/mol. The molecule has 0 radical (unpaired) electrons. The van der Waals surface area contributed by atoms with E-state index in [1.165, 1.54) is 18.2 Å². The molecule has 0 unspecified atom stereocenters. The molecule has 0 aliphatic rings. The van der Waals surface area contributed by atoms with Crippen molar-refractivity contribution in [2.24, 2.45) is 10.2 Å². The highest BCUT2D eigenvalue weighted by atomic mass is 35.5. The lowest BCUT2D eigenvalue weighted by molar-refractivity contribution is -0.384. The lowest BCUT2D eigenvalue weighted by Gasteiger charge is -2.20. The number of anilines is 1. The molecule has 2 aromatic carbocycles. The van der Waals surface area contributed by atoms with Gasteiger partial charge in [0.05, 0.1) is 15.6 Å². The summed E-state index contributed by atoms with van der Waals surface area (Å²) in [5.41, 5.74) is 2.14. The number of nitro groups is 1. The predicted molar refractivity (Wildman–Crippen MR) is 92.3 cm³/mol. The summed E-state index contributed by atoms with van der Waals surface area (Å²) >= 11 is 5.98. The summed E-state index contributed by atoms with van der Waals surface area (Å²) in [7, 11) is 0. The molecule has 0 aliphatic heterocycles. The van der Waals surface area contributed by atoms with Crippen LogP contribution in [0.15, 0.2) is 52.7 Å². The molecule has 0 aliphatic carbocycles. The molecule has 120 valence electrons. The fraction of sp³-hybridized carbons (Fsp3) is 0.250. The summed E-state index contributed by atoms with van der Waals surface area (Å²) < 4.78 is 0. The molecule has 0 N–H and O–H groups in total. The summed E-state index contributed by atoms with van der Waals surface area (Å²) in [6.07, 6.45) is 0. The number of rotatable bonds is 6. The topological polar surface area (TPSA) is 71.1 Å². The van der Waals surface area contributed by atoms with Crippen molar-refractivity contribution in [3.63, 3.8) is 0 Å². The van der Waals surface area contributed by atoms with Crippen molar-refractivity contribution in [1.82, 2.24) is 0 Å². The van der Waals surface area contributed by atoms with Gasteiger partial charge >= 0.3 is 0 Å². The Morgan fingerprint density at radius 1 is 1.09 bits per heavy atom. The third-order valence-electron chi connectivity index (χ3n) is 3.39. The van der Waals surface area contributed by atoms with E-state index in [9.17, 15) is 10.1 Å². The van der Waals surface area contributed by atoms with Crippen LogP contribution in [0.1, 0.15) is 13.8 Å². The number of non-ortho nitro benzene ring substituents is 1. The second-order valence-corrected chi connectivity index (χ2v) is 5.19. The summed E-state index contributed by atoms with van der Waals surface area (Å²) in [5.74, 6) is 0. The largest absolute Gasteiger partial charge is 0.372 e. The first kappa shape index (κ1) is 16.9. The summed E-state index contributed by atoms with van der Waals surface area (Å²) in [6.45, 7) is 6.09. The molecule has 0 heterocycles. The van der Waals surface area contributed by atoms with Crippen molar-refractivity contribution in [2.45, 2.75) is 13.8 Å². The van der Waals surface area contributed by atoms with Gasteiger partial charge in [-0.25, -0.2) is 0 Å². The van der Waals surface area contributed by atoms with Crippen molar-refractivity contribution >= 4 is 34.4 Å². The molecule has 0 aromatic heterocycles. The van der Waals surface area contributed by atoms with Crippen molar-refractivity contribution in [2.75, 3.05) is 18.0 Å². The van der Waals surface area contributed by atoms with Crippen LogP contribution in [0.5, 0.6) is 0 Å². The normalized spacial score (nSPS) is 10.9. The predicted octanol–water partition coefficient (Wildman–Crippen LogP) is 5.51. The quantitative estimate of drug-likeness (QED) is 0.398. The monoisotopic (exact) mass is 332 g/mol. The highest BCUT2D eigenvalue weighted by Crippen LogP contribution is 2.30. The van der Waals surface area contributed by atoms with E-state index in [1.54, 1.807) is 0 Å². The molecule has 0 saturated heterocycles. The molecule has 7 heteroatoms. The van der Waals surface area contributed by atoms with Crippen LogP contribution in [0, 0.1) is 10.1 Å². The van der Waals surface area contributed by atoms with E-state index in [0.717, 1.165) is 18.8 Å². The van der Waals surface area contributed by atoms with Crippen LogP contribution in [0.2, 0.25) is 5.02 Å². The maximum absolute atomic E-state index is 10.7. The minimum atomic E-state index is -0.501. The second kappa shape index (κ2) is 7.69. The Bertz CT molecular complexity index is 713. The number of hydrogen-bond acceptors (Lipinski definition) is 5. The first-order valence-electron chi connectivity index (χ1n) is 7.25. The molecule has 6 nitrogen and oxygen atoms in total. The molecule has 2 aromatic rings. The van der Waals surface area contributed by atoms with Crippen molar-refractivity contribution in [3.05, 3.63) is 57.6 Å². The average molecular weight is 333 g/mol. The third-order valence-corrected chi connectivity index (χ3v) is 3.70. The Morgan fingerprint density at radius 3 is 2.26 bits per heavy atom. The van der Waals surface area contributed by atoms with E-state index in [-0.39, 0.29) is 10.7 Å². The Labute approximate surface area is 139 Å². The molecular formula is C16H17ClN4O2. The maximum Gasteiger partial charge on any atom is 0.271 e. The molecule has 2 rings (SSSR count). The van der Waals surface area contributed by atoms with Gasteiger partial charge in [-0.05, 0) is 44.2 Å². The highest BCUT2D eigenvalue weighted by molar-refractivity contribution is 6.33. The average Bonchev–Trinajstić information content (AvgIpc) is 2.56. The van der Waals surface area contributed by atoms with Crippen molar-refractivity contribution in [1.29, 1.82) is 0 Å². The van der Waals surface area contributed by atoms with Crippen molar-refractivity contribution < 1.29 is 4.92 Å². The van der Waals surface area contributed by atoms with Crippen LogP contribution >= 0.6 is 11.6 Å². The first-order valence-corrected chi connectivity index (χ1v) is 7.63. The smallest absolute Gasteiger partial charge is 0.271 e. The second-order valence-electron chi connectivity index (χ2n) is 4.78. The van der Waals surface area contributed by atoms with Gasteiger partial charge < -0.3 is 4.90 Å². The third kappa shape index (κ3) is 4.26. The maximum atomic E-state index is 10.7. The Balaban J connectivity index is 2.15. The zero-order valence-corrected chi connectivity index (χ0v) is 13.7. The van der Waals surface area contributed by atoms with Gasteiger partial charge in [0.15, 0.2) is 0 Å². The van der Waals surface area contributed by atoms with Crippen molar-refractivity contribution in [3.8, 4) is 0 Å². The number of halogens is 1. The fourth-order valence-corrected chi connectivity index (χ4v) is 2.33. The number of azo groups is 1. The van der Waals surface area contributed by atoms with Crippen LogP contribution in [0.4, 0.5) is 22.7 Å². The minimum absolute atomic E-state index is 0.0717. The van der Waals surface area contributed by atoms with E-state index in [4.69, 9.17) is 11.6 Å². The number of nitrogens with zero attached hydrogens (tertiary/aromatic N) is 4. The lowest BCUT2D eigenvalue weighted by Crippen LogP contribution is -2.21. The summed E-state index contributed by atoms with van der Waals surface area (Å²) in [5, 5.41) is 19.0. The SMILES string of the molecule is CCN(CC)c1ccc(N=Nc2ccc([N+](=O)[O-])cc2Cl)cc1. The van der Waals surface area contributed by atoms with Crippen LogP contribution in [0.25, 0.3) is 0 Å². The highest BCUT2D eigenvalue weighted by Gasteiger charge is 2.09. The van der Waals surface area contributed by atoms with E-state index in [0.29, 0.717) is 11.4 Å². The zero-order valence-electron chi connectivity index (χ0n) is 12.9. The molecule has 0 bridgehead atoms. The van der Waals surface area contributed by atoms with Gasteiger partial charge in [-0.3, -0.25) is 10.1 Å². The van der Waals surface area contributed by atoms with E-state index >= 15 is 0 Å². The number of benzene rings is 2. The molecule has 0 saturated carbocycles. The van der Waals surface area contributed by atoms with E-state index in [2.05, 4.69) is 29.0 Å². The van der Waals surface area contributed by atoms with Gasteiger partial charge in [-0.1, -0.05) is 11.6 Å². The van der Waals surface area contributed by atoms with E-state index < -0.39 is 4.92 Å². The zero-order chi connectivity index (χ0) is 16.8. The van der Waals surface area contributed by atoms with Crippen LogP contribution in [-0.4, -0.2) is 18.0 Å². The Morgan fingerprint density at radius 2 is 1.74 bits per heavy atom. The lowest BCUT2D eigenvalue weighted by atomic mass is 10.2. The Hall–Kier alpha value is -2.47. The summed E-state index contributed by atoms with van der Waals surface area (Å²) in [6, 6.07) is 11.8. The minimum Gasteiger partial charge on any atom is -0.372 e.